The van der Waals surface area contributed by atoms with E-state index in [-0.39, 0.29) is 25.0 Å². The van der Waals surface area contributed by atoms with Crippen molar-refractivity contribution in [1.82, 2.24) is 9.80 Å². The maximum Gasteiger partial charge on any atom is 0.260 e. The molecule has 0 saturated carbocycles. The first kappa shape index (κ1) is 23.5. The Bertz CT molecular complexity index is 989. The van der Waals surface area contributed by atoms with E-state index in [9.17, 15) is 9.59 Å². The minimum atomic E-state index is -0.185. The summed E-state index contributed by atoms with van der Waals surface area (Å²) in [4.78, 5) is 31.9. The molecule has 3 rings (SSSR count). The predicted octanol–water partition coefficient (Wildman–Crippen LogP) is 4.90. The Labute approximate surface area is 194 Å². The van der Waals surface area contributed by atoms with E-state index in [0.717, 1.165) is 16.9 Å². The van der Waals surface area contributed by atoms with E-state index in [1.54, 1.807) is 16.2 Å². The third-order valence-electron chi connectivity index (χ3n) is 4.99. The third-order valence-corrected chi connectivity index (χ3v) is 5.97. The fourth-order valence-electron chi connectivity index (χ4n) is 3.37. The third kappa shape index (κ3) is 7.24. The van der Waals surface area contributed by atoms with E-state index in [1.165, 1.54) is 4.88 Å². The Hall–Kier alpha value is -3.12. The summed E-state index contributed by atoms with van der Waals surface area (Å²) in [5, 5.41) is 0. The molecule has 168 valence electrons. The van der Waals surface area contributed by atoms with Gasteiger partial charge in [-0.3, -0.25) is 9.59 Å². The van der Waals surface area contributed by atoms with Crippen LogP contribution in [0.5, 0.6) is 5.75 Å². The van der Waals surface area contributed by atoms with Crippen LogP contribution in [-0.4, -0.2) is 41.3 Å². The number of hydrogen-bond donors (Lipinski definition) is 0. The first-order valence-electron chi connectivity index (χ1n) is 10.9. The molecule has 0 saturated heterocycles. The van der Waals surface area contributed by atoms with Crippen molar-refractivity contribution in [3.05, 3.63) is 88.1 Å². The zero-order chi connectivity index (χ0) is 22.8. The van der Waals surface area contributed by atoms with Crippen LogP contribution in [0.2, 0.25) is 0 Å². The summed E-state index contributed by atoms with van der Waals surface area (Å²) in [5.41, 5.74) is 1.06. The molecule has 0 bridgehead atoms. The summed E-state index contributed by atoms with van der Waals surface area (Å²) < 4.78 is 5.62. The molecule has 6 heteroatoms. The number of aryl methyl sites for hydroxylation is 1. The number of carbonyl (C=O) groups is 2. The van der Waals surface area contributed by atoms with Gasteiger partial charge >= 0.3 is 0 Å². The Kier molecular flexibility index (Phi) is 8.87. The van der Waals surface area contributed by atoms with Gasteiger partial charge in [0.05, 0.1) is 13.1 Å². The maximum absolute atomic E-state index is 13.3. The Balaban J connectivity index is 1.68. The van der Waals surface area contributed by atoms with Crippen LogP contribution in [0.3, 0.4) is 0 Å². The number of ether oxygens (including phenoxy) is 1. The lowest BCUT2D eigenvalue weighted by Crippen LogP contribution is -2.44. The average molecular weight is 451 g/mol. The fourth-order valence-corrected chi connectivity index (χ4v) is 4.28. The zero-order valence-electron chi connectivity index (χ0n) is 18.7. The van der Waals surface area contributed by atoms with Crippen molar-refractivity contribution < 1.29 is 14.3 Å². The Morgan fingerprint density at radius 2 is 1.53 bits per heavy atom. The van der Waals surface area contributed by atoms with Gasteiger partial charge in [0.15, 0.2) is 6.61 Å². The summed E-state index contributed by atoms with van der Waals surface area (Å²) >= 11 is 1.69. The summed E-state index contributed by atoms with van der Waals surface area (Å²) in [6.07, 6.45) is 0.771. The van der Waals surface area contributed by atoms with Crippen molar-refractivity contribution in [1.29, 1.82) is 0 Å². The number of thiophene rings is 1. The minimum Gasteiger partial charge on any atom is -0.484 e. The van der Waals surface area contributed by atoms with Crippen LogP contribution in [0.25, 0.3) is 0 Å². The Morgan fingerprint density at radius 1 is 0.844 bits per heavy atom. The molecule has 1 heterocycles. The van der Waals surface area contributed by atoms with E-state index >= 15 is 0 Å². The van der Waals surface area contributed by atoms with Crippen LogP contribution in [0.1, 0.15) is 28.7 Å². The Morgan fingerprint density at radius 3 is 2.16 bits per heavy atom. The molecule has 0 aliphatic rings. The maximum atomic E-state index is 13.3. The lowest BCUT2D eigenvalue weighted by Gasteiger charge is -2.27. The molecule has 2 amide bonds. The molecule has 32 heavy (non-hydrogen) atoms. The fraction of sp³-hybridized carbons (Fsp3) is 0.308. The molecule has 0 radical (unpaired) electrons. The predicted molar refractivity (Wildman–Crippen MR) is 129 cm³/mol. The molecule has 1 aromatic heterocycles. The van der Waals surface area contributed by atoms with Crippen molar-refractivity contribution in [3.63, 3.8) is 0 Å². The smallest absolute Gasteiger partial charge is 0.260 e. The van der Waals surface area contributed by atoms with Crippen LogP contribution >= 0.6 is 11.3 Å². The monoisotopic (exact) mass is 450 g/mol. The van der Waals surface area contributed by atoms with Crippen LogP contribution in [0.4, 0.5) is 0 Å². The molecule has 0 unspecified atom stereocenters. The van der Waals surface area contributed by atoms with Gasteiger partial charge in [-0.05, 0) is 43.2 Å². The number of para-hydroxylation sites is 1. The summed E-state index contributed by atoms with van der Waals surface area (Å²) in [6, 6.07) is 23.3. The average Bonchev–Trinajstić information content (AvgIpc) is 3.22. The van der Waals surface area contributed by atoms with Gasteiger partial charge in [0, 0.05) is 22.8 Å². The van der Waals surface area contributed by atoms with Crippen molar-refractivity contribution >= 4 is 23.2 Å². The number of nitrogens with zero attached hydrogens (tertiary/aromatic N) is 2. The van der Waals surface area contributed by atoms with Crippen LogP contribution in [-0.2, 0) is 22.7 Å². The van der Waals surface area contributed by atoms with E-state index in [4.69, 9.17) is 4.74 Å². The summed E-state index contributed by atoms with van der Waals surface area (Å²) in [5.74, 6) is 0.388. The molecule has 0 aliphatic heterocycles. The van der Waals surface area contributed by atoms with Gasteiger partial charge in [0.25, 0.3) is 5.91 Å². The van der Waals surface area contributed by atoms with Crippen LogP contribution in [0.15, 0.2) is 72.8 Å². The molecular formula is C26H30N2O3S. The van der Waals surface area contributed by atoms with Crippen molar-refractivity contribution in [3.8, 4) is 5.75 Å². The number of carbonyl (C=O) groups excluding carboxylic acids is 2. The lowest BCUT2D eigenvalue weighted by atomic mass is 10.2. The van der Waals surface area contributed by atoms with Gasteiger partial charge < -0.3 is 14.5 Å². The highest BCUT2D eigenvalue weighted by Crippen LogP contribution is 2.19. The van der Waals surface area contributed by atoms with E-state index in [1.807, 2.05) is 72.5 Å². The first-order valence-corrected chi connectivity index (χ1v) is 11.7. The van der Waals surface area contributed by atoms with Gasteiger partial charge in [-0.25, -0.2) is 0 Å². The van der Waals surface area contributed by atoms with Crippen molar-refractivity contribution in [2.24, 2.45) is 0 Å². The standard InChI is InChI=1S/C26H30N2O3S/c1-3-16-27(26(30)20-31-23-12-8-5-9-13-23)19-25(29)28(17-22-10-6-4-7-11-22)18-24-15-14-21(2)32-24/h4-15H,3,16-20H2,1-2H3. The molecule has 0 atom stereocenters. The van der Waals surface area contributed by atoms with Crippen molar-refractivity contribution in [2.75, 3.05) is 19.7 Å². The van der Waals surface area contributed by atoms with Gasteiger partial charge in [0.1, 0.15) is 5.75 Å². The van der Waals surface area contributed by atoms with Gasteiger partial charge in [-0.15, -0.1) is 11.3 Å². The van der Waals surface area contributed by atoms with Crippen molar-refractivity contribution in [2.45, 2.75) is 33.4 Å². The second-order valence-corrected chi connectivity index (χ2v) is 9.04. The molecule has 0 aliphatic carbocycles. The molecule has 0 spiro atoms. The highest BCUT2D eigenvalue weighted by molar-refractivity contribution is 7.11. The van der Waals surface area contributed by atoms with Crippen LogP contribution < -0.4 is 4.74 Å². The number of hydrogen-bond acceptors (Lipinski definition) is 4. The minimum absolute atomic E-state index is 0.0437. The second kappa shape index (κ2) is 12.1. The summed E-state index contributed by atoms with van der Waals surface area (Å²) in [7, 11) is 0. The van der Waals surface area contributed by atoms with E-state index in [2.05, 4.69) is 19.1 Å². The number of rotatable bonds is 11. The molecule has 5 nitrogen and oxygen atoms in total. The normalized spacial score (nSPS) is 10.6. The quantitative estimate of drug-likeness (QED) is 0.417. The SMILES string of the molecule is CCCN(CC(=O)N(Cc1ccccc1)Cc1ccc(C)s1)C(=O)COc1ccccc1. The molecular weight excluding hydrogens is 420 g/mol. The molecule has 2 aromatic carbocycles. The van der Waals surface area contributed by atoms with Crippen LogP contribution in [0, 0.1) is 6.92 Å². The molecule has 0 fully saturated rings. The van der Waals surface area contributed by atoms with E-state index in [0.29, 0.717) is 25.4 Å². The number of benzene rings is 2. The van der Waals surface area contributed by atoms with Gasteiger partial charge in [-0.1, -0.05) is 55.5 Å². The molecule has 3 aromatic rings. The largest absolute Gasteiger partial charge is 0.484 e. The topological polar surface area (TPSA) is 49.9 Å². The highest BCUT2D eigenvalue weighted by atomic mass is 32.1. The van der Waals surface area contributed by atoms with Gasteiger partial charge in [0.2, 0.25) is 5.91 Å². The zero-order valence-corrected chi connectivity index (χ0v) is 19.5. The van der Waals surface area contributed by atoms with E-state index < -0.39 is 0 Å². The number of amides is 2. The molecule has 0 N–H and O–H groups in total. The second-order valence-electron chi connectivity index (χ2n) is 7.66. The van der Waals surface area contributed by atoms with Gasteiger partial charge in [-0.2, -0.15) is 0 Å². The summed E-state index contributed by atoms with van der Waals surface area (Å²) in [6.45, 7) is 5.57. The highest BCUT2D eigenvalue weighted by Gasteiger charge is 2.22. The first-order chi connectivity index (χ1) is 15.5. The lowest BCUT2D eigenvalue weighted by molar-refractivity contribution is -0.142.